The van der Waals surface area contributed by atoms with Crippen molar-refractivity contribution in [2.24, 2.45) is 11.8 Å². The Morgan fingerprint density at radius 2 is 2.08 bits per heavy atom. The first-order chi connectivity index (χ1) is 12.3. The lowest BCUT2D eigenvalue weighted by Gasteiger charge is -2.32. The van der Waals surface area contributed by atoms with Crippen molar-refractivity contribution in [2.45, 2.75) is 50.5 Å². The molecule has 0 saturated carbocycles. The fourth-order valence-corrected chi connectivity index (χ4v) is 6.86. The van der Waals surface area contributed by atoms with Crippen LogP contribution < -0.4 is 4.90 Å². The maximum absolute atomic E-state index is 12.8. The smallest absolute Gasteiger partial charge is 0.225 e. The number of hydrogen-bond acceptors (Lipinski definition) is 6. The van der Waals surface area contributed by atoms with Crippen molar-refractivity contribution in [3.8, 4) is 0 Å². The molecule has 144 valence electrons. The van der Waals surface area contributed by atoms with Crippen LogP contribution in [0.5, 0.6) is 0 Å². The van der Waals surface area contributed by atoms with Crippen molar-refractivity contribution in [1.29, 1.82) is 0 Å². The van der Waals surface area contributed by atoms with E-state index in [1.807, 2.05) is 0 Å². The topological polar surface area (TPSA) is 66.4 Å². The van der Waals surface area contributed by atoms with Crippen LogP contribution in [0.2, 0.25) is 0 Å². The normalized spacial score (nSPS) is 31.1. The second kappa shape index (κ2) is 6.75. The van der Waals surface area contributed by atoms with Gasteiger partial charge < -0.3 is 9.80 Å². The third-order valence-electron chi connectivity index (χ3n) is 5.96. The number of hydrogen-bond donors (Lipinski definition) is 0. The van der Waals surface area contributed by atoms with E-state index in [4.69, 9.17) is 4.98 Å². The molecule has 1 unspecified atom stereocenters. The van der Waals surface area contributed by atoms with Crippen LogP contribution in [0.4, 0.5) is 5.95 Å². The number of fused-ring (bicyclic) bond motifs is 3. The fourth-order valence-electron chi connectivity index (χ4n) is 4.83. The predicted molar refractivity (Wildman–Crippen MR) is 103 cm³/mol. The summed E-state index contributed by atoms with van der Waals surface area (Å²) in [6.07, 6.45) is 4.20. The highest BCUT2D eigenvalue weighted by molar-refractivity contribution is 7.91. The average molecular weight is 379 g/mol. The van der Waals surface area contributed by atoms with Crippen LogP contribution in [0.3, 0.4) is 0 Å². The summed E-state index contributed by atoms with van der Waals surface area (Å²) in [5.41, 5.74) is 1.80. The minimum absolute atomic E-state index is 0.00790. The highest BCUT2D eigenvalue weighted by Gasteiger charge is 2.47. The van der Waals surface area contributed by atoms with Crippen molar-refractivity contribution < 1.29 is 8.42 Å². The Hall–Kier alpha value is -1.21. The molecule has 2 fully saturated rings. The van der Waals surface area contributed by atoms with Crippen LogP contribution in [-0.4, -0.2) is 61.3 Å². The third-order valence-corrected chi connectivity index (χ3v) is 8.07. The number of anilines is 1. The highest BCUT2D eigenvalue weighted by Crippen LogP contribution is 2.40. The van der Waals surface area contributed by atoms with E-state index in [2.05, 4.69) is 35.6 Å². The van der Waals surface area contributed by atoms with E-state index < -0.39 is 9.84 Å². The minimum Gasteiger partial charge on any atom is -0.341 e. The molecule has 0 spiro atoms. The second-order valence-corrected chi connectivity index (χ2v) is 11.1. The van der Waals surface area contributed by atoms with Gasteiger partial charge in [-0.05, 0) is 24.7 Å². The molecule has 0 N–H and O–H groups in total. The van der Waals surface area contributed by atoms with Crippen molar-refractivity contribution in [2.75, 3.05) is 37.6 Å². The van der Waals surface area contributed by atoms with Crippen LogP contribution in [0.25, 0.3) is 0 Å². The SMILES string of the molecule is CC(C)CN1C[C@@H]2c3nc(N4CCCC(C)C4)ncc3CS(=O)(=O)[C@@H]2C1. The average Bonchev–Trinajstić information content (AvgIpc) is 2.99. The van der Waals surface area contributed by atoms with E-state index in [1.165, 1.54) is 12.8 Å². The van der Waals surface area contributed by atoms with Crippen LogP contribution in [0.15, 0.2) is 6.20 Å². The molecule has 0 radical (unpaired) electrons. The van der Waals surface area contributed by atoms with Gasteiger partial charge in [0.15, 0.2) is 9.84 Å². The van der Waals surface area contributed by atoms with Crippen molar-refractivity contribution in [3.05, 3.63) is 17.5 Å². The molecule has 6 nitrogen and oxygen atoms in total. The Bertz CT molecular complexity index is 780. The summed E-state index contributed by atoms with van der Waals surface area (Å²) in [4.78, 5) is 14.0. The zero-order valence-electron chi connectivity index (χ0n) is 16.1. The van der Waals surface area contributed by atoms with Gasteiger partial charge in [-0.2, -0.15) is 0 Å². The Balaban J connectivity index is 1.65. The van der Waals surface area contributed by atoms with Gasteiger partial charge in [-0.15, -0.1) is 0 Å². The second-order valence-electron chi connectivity index (χ2n) is 8.84. The van der Waals surface area contributed by atoms with E-state index in [0.29, 0.717) is 18.4 Å². The Labute approximate surface area is 156 Å². The molecular weight excluding hydrogens is 348 g/mol. The summed E-state index contributed by atoms with van der Waals surface area (Å²) in [6.45, 7) is 11.0. The standard InChI is InChI=1S/C19H30N4O2S/c1-13(2)8-22-10-16-17(11-22)26(24,25)12-15-7-20-19(21-18(15)16)23-6-4-5-14(3)9-23/h7,13-14,16-17H,4-6,8-12H2,1-3H3/t14?,16-,17+/m0/s1. The first kappa shape index (κ1) is 18.2. The quantitative estimate of drug-likeness (QED) is 0.802. The van der Waals surface area contributed by atoms with Crippen LogP contribution >= 0.6 is 0 Å². The number of sulfone groups is 1. The first-order valence-corrected chi connectivity index (χ1v) is 11.6. The summed E-state index contributed by atoms with van der Waals surface area (Å²) < 4.78 is 25.6. The van der Waals surface area contributed by atoms with Gasteiger partial charge >= 0.3 is 0 Å². The largest absolute Gasteiger partial charge is 0.341 e. The summed E-state index contributed by atoms with van der Waals surface area (Å²) in [5.74, 6) is 2.06. The Morgan fingerprint density at radius 1 is 1.27 bits per heavy atom. The maximum atomic E-state index is 12.8. The lowest BCUT2D eigenvalue weighted by atomic mass is 9.99. The van der Waals surface area contributed by atoms with E-state index in [9.17, 15) is 8.42 Å². The molecule has 0 amide bonds. The summed E-state index contributed by atoms with van der Waals surface area (Å²) in [6, 6.07) is 0. The van der Waals surface area contributed by atoms with Gasteiger partial charge in [0.2, 0.25) is 5.95 Å². The zero-order chi connectivity index (χ0) is 18.5. The molecule has 4 rings (SSSR count). The molecule has 3 atom stereocenters. The number of aromatic nitrogens is 2. The summed E-state index contributed by atoms with van der Waals surface area (Å²) in [5, 5.41) is -0.309. The first-order valence-electron chi connectivity index (χ1n) is 9.88. The lowest BCUT2D eigenvalue weighted by Crippen LogP contribution is -2.38. The molecule has 26 heavy (non-hydrogen) atoms. The lowest BCUT2D eigenvalue weighted by molar-refractivity contribution is 0.294. The van der Waals surface area contributed by atoms with Crippen molar-refractivity contribution >= 4 is 15.8 Å². The van der Waals surface area contributed by atoms with E-state index in [1.54, 1.807) is 6.20 Å². The molecule has 1 aromatic heterocycles. The molecule has 0 bridgehead atoms. The molecule has 4 heterocycles. The monoisotopic (exact) mass is 378 g/mol. The van der Waals surface area contributed by atoms with Crippen LogP contribution in [-0.2, 0) is 15.6 Å². The highest BCUT2D eigenvalue weighted by atomic mass is 32.2. The minimum atomic E-state index is -3.12. The predicted octanol–water partition coefficient (Wildman–Crippen LogP) is 2.07. The molecule has 3 aliphatic heterocycles. The van der Waals surface area contributed by atoms with Crippen molar-refractivity contribution in [3.63, 3.8) is 0 Å². The molecule has 1 aromatic rings. The van der Waals surface area contributed by atoms with Gasteiger partial charge in [-0.1, -0.05) is 20.8 Å². The Kier molecular flexibility index (Phi) is 4.72. The number of rotatable bonds is 3. The van der Waals surface area contributed by atoms with E-state index >= 15 is 0 Å². The zero-order valence-corrected chi connectivity index (χ0v) is 16.9. The molecular formula is C19H30N4O2S. The number of piperidine rings is 1. The van der Waals surface area contributed by atoms with E-state index in [-0.39, 0.29) is 16.9 Å². The van der Waals surface area contributed by atoms with Gasteiger partial charge in [-0.3, -0.25) is 0 Å². The van der Waals surface area contributed by atoms with Gasteiger partial charge in [0.1, 0.15) is 0 Å². The van der Waals surface area contributed by atoms with Gasteiger partial charge in [-0.25, -0.2) is 18.4 Å². The van der Waals surface area contributed by atoms with Gasteiger partial charge in [0.25, 0.3) is 0 Å². The Morgan fingerprint density at radius 3 is 2.81 bits per heavy atom. The maximum Gasteiger partial charge on any atom is 0.225 e. The third kappa shape index (κ3) is 3.36. The summed E-state index contributed by atoms with van der Waals surface area (Å²) >= 11 is 0. The van der Waals surface area contributed by atoms with E-state index in [0.717, 1.165) is 43.4 Å². The number of nitrogens with zero attached hydrogens (tertiary/aromatic N) is 4. The fraction of sp³-hybridized carbons (Fsp3) is 0.789. The van der Waals surface area contributed by atoms with Crippen molar-refractivity contribution in [1.82, 2.24) is 14.9 Å². The molecule has 0 aliphatic carbocycles. The van der Waals surface area contributed by atoms with Gasteiger partial charge in [0, 0.05) is 50.4 Å². The summed E-state index contributed by atoms with van der Waals surface area (Å²) in [7, 11) is -3.12. The molecule has 0 aromatic carbocycles. The molecule has 2 saturated heterocycles. The molecule has 3 aliphatic rings. The molecule has 7 heteroatoms. The van der Waals surface area contributed by atoms with Crippen LogP contribution in [0.1, 0.15) is 50.8 Å². The van der Waals surface area contributed by atoms with Gasteiger partial charge in [0.05, 0.1) is 16.7 Å². The van der Waals surface area contributed by atoms with Crippen LogP contribution in [0, 0.1) is 11.8 Å². The number of likely N-dealkylation sites (tertiary alicyclic amines) is 1.